The summed E-state index contributed by atoms with van der Waals surface area (Å²) in [6.07, 6.45) is 0. The quantitative estimate of drug-likeness (QED) is 0.686. The molecule has 0 heterocycles. The molecule has 0 aromatic heterocycles. The van der Waals surface area contributed by atoms with Crippen LogP contribution in [0, 0.1) is 20.8 Å². The molecule has 0 saturated carbocycles. The highest BCUT2D eigenvalue weighted by Crippen LogP contribution is 2.15. The largest absolute Gasteiger partial charge is 0.478 e. The highest BCUT2D eigenvalue weighted by molar-refractivity contribution is 5.91. The molecule has 12 heavy (non-hydrogen) atoms. The van der Waals surface area contributed by atoms with E-state index in [0.29, 0.717) is 22.3 Å². The van der Waals surface area contributed by atoms with Gasteiger partial charge in [-0.3, -0.25) is 0 Å². The van der Waals surface area contributed by atoms with Crippen molar-refractivity contribution in [1.29, 1.82) is 0 Å². The van der Waals surface area contributed by atoms with Crippen LogP contribution in [0.15, 0.2) is 12.1 Å². The molecule has 0 bridgehead atoms. The van der Waals surface area contributed by atoms with E-state index in [2.05, 4.69) is 0 Å². The summed E-state index contributed by atoms with van der Waals surface area (Å²) >= 11 is 0. The van der Waals surface area contributed by atoms with E-state index in [0.717, 1.165) is 0 Å². The van der Waals surface area contributed by atoms with Crippen LogP contribution in [0.25, 0.3) is 0 Å². The Bertz CT molecular complexity index is 304. The third kappa shape index (κ3) is 1.47. The summed E-state index contributed by atoms with van der Waals surface area (Å²) in [5.41, 5.74) is 2.37. The molecular weight excluding hydrogens is 152 g/mol. The van der Waals surface area contributed by atoms with Crippen LogP contribution < -0.4 is 0 Å². The van der Waals surface area contributed by atoms with Gasteiger partial charge >= 0.3 is 5.97 Å². The maximum atomic E-state index is 10.7. The summed E-state index contributed by atoms with van der Waals surface area (Å²) in [6.45, 7) is 9.02. The minimum Gasteiger partial charge on any atom is -0.478 e. The number of hydrogen-bond acceptors (Lipinski definition) is 1. The van der Waals surface area contributed by atoms with E-state index in [1.807, 2.05) is 0 Å². The Balaban J connectivity index is 3.38. The lowest BCUT2D eigenvalue weighted by atomic mass is 10.0. The highest BCUT2D eigenvalue weighted by Gasteiger charge is 2.10. The Morgan fingerprint density at radius 3 is 2.08 bits per heavy atom. The molecule has 2 heteroatoms. The fourth-order valence-corrected chi connectivity index (χ4v) is 1.33. The van der Waals surface area contributed by atoms with E-state index in [9.17, 15) is 4.79 Å². The Labute approximate surface area is 71.8 Å². The predicted molar refractivity (Wildman–Crippen MR) is 46.3 cm³/mol. The van der Waals surface area contributed by atoms with Crippen molar-refractivity contribution in [3.63, 3.8) is 0 Å². The number of carbonyl (C=O) groups is 1. The van der Waals surface area contributed by atoms with Crippen LogP contribution in [-0.2, 0) is 0 Å². The fraction of sp³-hybridized carbons (Fsp3) is 0.200. The van der Waals surface area contributed by atoms with Crippen molar-refractivity contribution in [1.82, 2.24) is 0 Å². The third-order valence-electron chi connectivity index (χ3n) is 1.77. The van der Waals surface area contributed by atoms with Gasteiger partial charge in [0, 0.05) is 0 Å². The topological polar surface area (TPSA) is 37.3 Å². The van der Waals surface area contributed by atoms with E-state index in [4.69, 9.17) is 12.0 Å². The average Bonchev–Trinajstić information content (AvgIpc) is 1.82. The average molecular weight is 162 g/mol. The van der Waals surface area contributed by atoms with E-state index in [-0.39, 0.29) is 0 Å². The first-order chi connectivity index (χ1) is 5.52. The molecular formula is C10H10O2. The Kier molecular flexibility index (Phi) is 2.18. The zero-order chi connectivity index (χ0) is 9.30. The SMILES string of the molecule is [CH]c1cc(C)c(C(=O)O)c(C)c1. The number of carboxylic acids is 1. The molecule has 0 atom stereocenters. The number of aromatic carboxylic acids is 1. The van der Waals surface area contributed by atoms with E-state index in [1.54, 1.807) is 26.0 Å². The van der Waals surface area contributed by atoms with Crippen LogP contribution in [0.5, 0.6) is 0 Å². The highest BCUT2D eigenvalue weighted by atomic mass is 16.4. The van der Waals surface area contributed by atoms with Crippen LogP contribution in [0.1, 0.15) is 27.0 Å². The summed E-state index contributed by atoms with van der Waals surface area (Å²) in [7, 11) is 0. The van der Waals surface area contributed by atoms with Gasteiger partial charge in [0.25, 0.3) is 0 Å². The minimum absolute atomic E-state index is 0.351. The maximum absolute atomic E-state index is 10.7. The van der Waals surface area contributed by atoms with Crippen LogP contribution in [0.2, 0.25) is 0 Å². The minimum atomic E-state index is -0.898. The lowest BCUT2D eigenvalue weighted by molar-refractivity contribution is 0.0695. The number of rotatable bonds is 1. The van der Waals surface area contributed by atoms with Gasteiger partial charge in [-0.2, -0.15) is 0 Å². The second-order valence-corrected chi connectivity index (χ2v) is 2.83. The van der Waals surface area contributed by atoms with Crippen LogP contribution >= 0.6 is 0 Å². The van der Waals surface area contributed by atoms with Gasteiger partial charge < -0.3 is 5.11 Å². The predicted octanol–water partition coefficient (Wildman–Crippen LogP) is 2.06. The zero-order valence-corrected chi connectivity index (χ0v) is 7.09. The molecule has 2 radical (unpaired) electrons. The first-order valence-corrected chi connectivity index (χ1v) is 3.62. The van der Waals surface area contributed by atoms with E-state index < -0.39 is 5.97 Å². The fourth-order valence-electron chi connectivity index (χ4n) is 1.33. The lowest BCUT2D eigenvalue weighted by Crippen LogP contribution is -2.03. The van der Waals surface area contributed by atoms with Gasteiger partial charge in [0.1, 0.15) is 0 Å². The Morgan fingerprint density at radius 1 is 1.33 bits per heavy atom. The molecule has 0 aliphatic heterocycles. The van der Waals surface area contributed by atoms with Gasteiger partial charge in [0.15, 0.2) is 0 Å². The molecule has 0 unspecified atom stereocenters. The number of hydrogen-bond donors (Lipinski definition) is 1. The van der Waals surface area contributed by atoms with Gasteiger partial charge in [-0.15, -0.1) is 0 Å². The third-order valence-corrected chi connectivity index (χ3v) is 1.77. The van der Waals surface area contributed by atoms with Crippen LogP contribution in [-0.4, -0.2) is 11.1 Å². The molecule has 0 amide bonds. The normalized spacial score (nSPS) is 9.92. The van der Waals surface area contributed by atoms with Crippen molar-refractivity contribution in [2.24, 2.45) is 0 Å². The standard InChI is InChI=1S/C10H10O2/c1-6-4-7(2)9(10(11)12)8(3)5-6/h1,4-5H,2-3H3,(H,11,12). The number of benzene rings is 1. The van der Waals surface area contributed by atoms with Crippen molar-refractivity contribution in [3.05, 3.63) is 41.3 Å². The molecule has 0 fully saturated rings. The second-order valence-electron chi connectivity index (χ2n) is 2.83. The summed E-state index contributed by atoms with van der Waals surface area (Å²) in [5, 5.41) is 8.80. The zero-order valence-electron chi connectivity index (χ0n) is 7.09. The van der Waals surface area contributed by atoms with Gasteiger partial charge in [-0.05, 0) is 37.5 Å². The molecule has 2 nitrogen and oxygen atoms in total. The van der Waals surface area contributed by atoms with Crippen molar-refractivity contribution >= 4 is 5.97 Å². The van der Waals surface area contributed by atoms with Gasteiger partial charge in [-0.1, -0.05) is 12.1 Å². The van der Waals surface area contributed by atoms with Gasteiger partial charge in [-0.25, -0.2) is 4.79 Å². The van der Waals surface area contributed by atoms with E-state index >= 15 is 0 Å². The lowest BCUT2D eigenvalue weighted by Gasteiger charge is -2.05. The number of aryl methyl sites for hydroxylation is 2. The monoisotopic (exact) mass is 162 g/mol. The maximum Gasteiger partial charge on any atom is 0.336 e. The van der Waals surface area contributed by atoms with Gasteiger partial charge in [0.2, 0.25) is 0 Å². The second kappa shape index (κ2) is 2.97. The Morgan fingerprint density at radius 2 is 1.75 bits per heavy atom. The molecule has 1 aromatic rings. The van der Waals surface area contributed by atoms with Crippen molar-refractivity contribution in [3.8, 4) is 0 Å². The summed E-state index contributed by atoms with van der Waals surface area (Å²) in [4.78, 5) is 10.7. The Hall–Kier alpha value is -1.31. The van der Waals surface area contributed by atoms with Gasteiger partial charge in [0.05, 0.1) is 5.56 Å². The van der Waals surface area contributed by atoms with E-state index in [1.165, 1.54) is 0 Å². The first kappa shape index (κ1) is 8.78. The molecule has 0 spiro atoms. The molecule has 0 aliphatic carbocycles. The summed E-state index contributed by atoms with van der Waals surface area (Å²) < 4.78 is 0. The van der Waals surface area contributed by atoms with Crippen LogP contribution in [0.3, 0.4) is 0 Å². The van der Waals surface area contributed by atoms with Crippen molar-refractivity contribution < 1.29 is 9.90 Å². The van der Waals surface area contributed by atoms with Crippen molar-refractivity contribution in [2.45, 2.75) is 13.8 Å². The molecule has 1 rings (SSSR count). The molecule has 62 valence electrons. The molecule has 0 aliphatic rings. The smallest absolute Gasteiger partial charge is 0.336 e. The first-order valence-electron chi connectivity index (χ1n) is 3.62. The summed E-state index contributed by atoms with van der Waals surface area (Å²) in [6, 6.07) is 3.33. The molecule has 1 aromatic carbocycles. The van der Waals surface area contributed by atoms with Crippen LogP contribution in [0.4, 0.5) is 0 Å². The number of carboxylic acid groups (broad SMARTS) is 1. The summed E-state index contributed by atoms with van der Waals surface area (Å²) in [5.74, 6) is -0.898. The molecule has 0 saturated heterocycles. The van der Waals surface area contributed by atoms with Crippen molar-refractivity contribution in [2.75, 3.05) is 0 Å². The molecule has 1 N–H and O–H groups in total.